The minimum atomic E-state index is -3.03. The average molecular weight is 258 g/mol. The lowest BCUT2D eigenvalue weighted by atomic mass is 10.2. The Kier molecular flexibility index (Phi) is 4.38. The van der Waals surface area contributed by atoms with Crippen LogP contribution in [0.15, 0.2) is 18.3 Å². The third-order valence-electron chi connectivity index (χ3n) is 3.12. The van der Waals surface area contributed by atoms with E-state index < -0.39 is 14.6 Å². The molecule has 0 amide bonds. The van der Waals surface area contributed by atoms with Crippen molar-refractivity contribution in [1.29, 1.82) is 0 Å². The molecule has 4 nitrogen and oxygen atoms in total. The van der Waals surface area contributed by atoms with E-state index >= 15 is 0 Å². The number of sulfone groups is 1. The molecular weight excluding hydrogens is 236 g/mol. The number of hydrogen-bond acceptors (Lipinski definition) is 3. The van der Waals surface area contributed by atoms with Gasteiger partial charge in [0.1, 0.15) is 0 Å². The van der Waals surface area contributed by atoms with Crippen molar-refractivity contribution >= 4 is 9.84 Å². The fraction of sp³-hybridized carbons (Fsp3) is 0.667. The largest absolute Gasteiger partial charge is 0.351 e. The second-order valence-corrected chi connectivity index (χ2v) is 7.57. The van der Waals surface area contributed by atoms with Crippen molar-refractivity contribution in [3.63, 3.8) is 0 Å². The molecule has 0 atom stereocenters. The van der Waals surface area contributed by atoms with Crippen molar-refractivity contribution in [2.75, 3.05) is 12.8 Å². The molecule has 0 radical (unpaired) electrons. The molecule has 0 fully saturated rings. The predicted molar refractivity (Wildman–Crippen MR) is 70.7 cm³/mol. The SMILES string of the molecule is CCn1cccc1CNCC(C)(C)S(C)(=O)=O. The van der Waals surface area contributed by atoms with Crippen LogP contribution in [0.25, 0.3) is 0 Å². The summed E-state index contributed by atoms with van der Waals surface area (Å²) < 4.78 is 24.5. The molecule has 0 saturated carbocycles. The van der Waals surface area contributed by atoms with Crippen molar-refractivity contribution in [2.24, 2.45) is 0 Å². The first-order valence-corrected chi connectivity index (χ1v) is 7.71. The molecule has 0 aromatic carbocycles. The van der Waals surface area contributed by atoms with E-state index in [2.05, 4.69) is 16.8 Å². The van der Waals surface area contributed by atoms with Gasteiger partial charge in [0.05, 0.1) is 4.75 Å². The van der Waals surface area contributed by atoms with Crippen LogP contribution in [0.5, 0.6) is 0 Å². The van der Waals surface area contributed by atoms with E-state index in [0.29, 0.717) is 13.1 Å². The van der Waals surface area contributed by atoms with Gasteiger partial charge >= 0.3 is 0 Å². The van der Waals surface area contributed by atoms with Gasteiger partial charge in [0.25, 0.3) is 0 Å². The minimum absolute atomic E-state index is 0.459. The molecule has 0 saturated heterocycles. The van der Waals surface area contributed by atoms with Crippen LogP contribution in [0, 0.1) is 0 Å². The zero-order valence-corrected chi connectivity index (χ0v) is 11.8. The van der Waals surface area contributed by atoms with Crippen LogP contribution in [0.1, 0.15) is 26.5 Å². The second kappa shape index (κ2) is 5.23. The maximum Gasteiger partial charge on any atom is 0.153 e. The molecule has 5 heteroatoms. The standard InChI is InChI=1S/C12H22N2O2S/c1-5-14-8-6-7-11(14)9-13-10-12(2,3)17(4,15)16/h6-8,13H,5,9-10H2,1-4H3. The fourth-order valence-corrected chi connectivity index (χ4v) is 1.91. The Morgan fingerprint density at radius 2 is 2.06 bits per heavy atom. The third kappa shape index (κ3) is 3.57. The molecule has 1 aromatic rings. The quantitative estimate of drug-likeness (QED) is 0.839. The fourth-order valence-electron chi connectivity index (χ4n) is 1.54. The monoisotopic (exact) mass is 258 g/mol. The molecule has 17 heavy (non-hydrogen) atoms. The molecule has 0 bridgehead atoms. The smallest absolute Gasteiger partial charge is 0.153 e. The first-order chi connectivity index (χ1) is 7.78. The lowest BCUT2D eigenvalue weighted by molar-refractivity contribution is 0.515. The predicted octanol–water partition coefficient (Wildman–Crippen LogP) is 1.42. The number of nitrogens with one attached hydrogen (secondary N) is 1. The molecule has 98 valence electrons. The summed E-state index contributed by atoms with van der Waals surface area (Å²) in [6, 6.07) is 4.05. The third-order valence-corrected chi connectivity index (χ3v) is 5.28. The maximum atomic E-state index is 11.5. The van der Waals surface area contributed by atoms with Crippen LogP contribution >= 0.6 is 0 Å². The van der Waals surface area contributed by atoms with Crippen LogP contribution in [0.2, 0.25) is 0 Å². The highest BCUT2D eigenvalue weighted by molar-refractivity contribution is 7.92. The van der Waals surface area contributed by atoms with Crippen LogP contribution in [0.3, 0.4) is 0 Å². The number of nitrogens with zero attached hydrogens (tertiary/aromatic N) is 1. The Morgan fingerprint density at radius 1 is 1.41 bits per heavy atom. The Hall–Kier alpha value is -0.810. The molecule has 0 aliphatic heterocycles. The Bertz CT molecular complexity index is 461. The maximum absolute atomic E-state index is 11.5. The molecule has 0 spiro atoms. The van der Waals surface area contributed by atoms with E-state index in [-0.39, 0.29) is 0 Å². The first-order valence-electron chi connectivity index (χ1n) is 5.82. The first kappa shape index (κ1) is 14.3. The van der Waals surface area contributed by atoms with Crippen molar-refractivity contribution in [2.45, 2.75) is 38.6 Å². The van der Waals surface area contributed by atoms with Gasteiger partial charge in [0, 0.05) is 37.8 Å². The average Bonchev–Trinajstić information content (AvgIpc) is 2.63. The van der Waals surface area contributed by atoms with Gasteiger partial charge in [0.15, 0.2) is 9.84 Å². The Balaban J connectivity index is 2.54. The molecule has 0 aliphatic carbocycles. The van der Waals surface area contributed by atoms with Gasteiger partial charge in [-0.1, -0.05) is 0 Å². The lowest BCUT2D eigenvalue weighted by Crippen LogP contribution is -2.41. The van der Waals surface area contributed by atoms with E-state index in [1.807, 2.05) is 18.3 Å². The summed E-state index contributed by atoms with van der Waals surface area (Å²) in [5.74, 6) is 0. The van der Waals surface area contributed by atoms with Gasteiger partial charge in [-0.25, -0.2) is 8.42 Å². The van der Waals surface area contributed by atoms with E-state index in [0.717, 1.165) is 6.54 Å². The van der Waals surface area contributed by atoms with Crippen LogP contribution in [-0.4, -0.2) is 30.5 Å². The zero-order valence-electron chi connectivity index (χ0n) is 11.0. The summed E-state index contributed by atoms with van der Waals surface area (Å²) in [5.41, 5.74) is 1.18. The lowest BCUT2D eigenvalue weighted by Gasteiger charge is -2.23. The highest BCUT2D eigenvalue weighted by atomic mass is 32.2. The zero-order chi connectivity index (χ0) is 13.1. The molecular formula is C12H22N2O2S. The summed E-state index contributed by atoms with van der Waals surface area (Å²) in [6.45, 7) is 7.66. The number of rotatable bonds is 6. The molecule has 0 unspecified atom stereocenters. The molecule has 1 aromatic heterocycles. The van der Waals surface area contributed by atoms with Gasteiger partial charge < -0.3 is 9.88 Å². The Morgan fingerprint density at radius 3 is 2.59 bits per heavy atom. The number of aryl methyl sites for hydroxylation is 1. The van der Waals surface area contributed by atoms with Gasteiger partial charge in [0.2, 0.25) is 0 Å². The molecule has 0 aliphatic rings. The molecule has 1 rings (SSSR count). The highest BCUT2D eigenvalue weighted by Gasteiger charge is 2.29. The van der Waals surface area contributed by atoms with Crippen molar-refractivity contribution in [1.82, 2.24) is 9.88 Å². The minimum Gasteiger partial charge on any atom is -0.351 e. The summed E-state index contributed by atoms with van der Waals surface area (Å²) in [5, 5.41) is 3.21. The van der Waals surface area contributed by atoms with Crippen molar-refractivity contribution in [3.8, 4) is 0 Å². The number of hydrogen-bond donors (Lipinski definition) is 1. The van der Waals surface area contributed by atoms with E-state index in [9.17, 15) is 8.42 Å². The van der Waals surface area contributed by atoms with Gasteiger partial charge in [-0.05, 0) is 32.9 Å². The summed E-state index contributed by atoms with van der Waals surface area (Å²) >= 11 is 0. The van der Waals surface area contributed by atoms with E-state index in [1.54, 1.807) is 13.8 Å². The van der Waals surface area contributed by atoms with Gasteiger partial charge in [-0.2, -0.15) is 0 Å². The molecule has 1 heterocycles. The van der Waals surface area contributed by atoms with E-state index in [1.165, 1.54) is 11.9 Å². The van der Waals surface area contributed by atoms with Crippen LogP contribution < -0.4 is 5.32 Å². The van der Waals surface area contributed by atoms with Crippen LogP contribution in [-0.2, 0) is 22.9 Å². The van der Waals surface area contributed by atoms with Crippen molar-refractivity contribution in [3.05, 3.63) is 24.0 Å². The van der Waals surface area contributed by atoms with Crippen LogP contribution in [0.4, 0.5) is 0 Å². The van der Waals surface area contributed by atoms with E-state index in [4.69, 9.17) is 0 Å². The Labute approximate surface area is 104 Å². The topological polar surface area (TPSA) is 51.1 Å². The summed E-state index contributed by atoms with van der Waals surface area (Å²) in [4.78, 5) is 0. The molecule has 1 N–H and O–H groups in total. The van der Waals surface area contributed by atoms with Crippen molar-refractivity contribution < 1.29 is 8.42 Å². The van der Waals surface area contributed by atoms with Gasteiger partial charge in [-0.15, -0.1) is 0 Å². The second-order valence-electron chi connectivity index (χ2n) is 4.92. The highest BCUT2D eigenvalue weighted by Crippen LogP contribution is 2.13. The summed E-state index contributed by atoms with van der Waals surface area (Å²) in [6.07, 6.45) is 3.31. The normalized spacial score (nSPS) is 12.9. The van der Waals surface area contributed by atoms with Gasteiger partial charge in [-0.3, -0.25) is 0 Å². The number of aromatic nitrogens is 1. The summed E-state index contributed by atoms with van der Waals surface area (Å²) in [7, 11) is -3.03.